The van der Waals surface area contributed by atoms with Crippen LogP contribution in [0.25, 0.3) is 17.7 Å². The molecule has 0 saturated carbocycles. The molecule has 28 heavy (non-hydrogen) atoms. The largest absolute Gasteiger partial charge is 0.463 e. The van der Waals surface area contributed by atoms with Crippen molar-refractivity contribution in [2.24, 2.45) is 0 Å². The maximum Gasteiger partial charge on any atom is 0.330 e. The van der Waals surface area contributed by atoms with Gasteiger partial charge >= 0.3 is 5.97 Å². The molecule has 2 heterocycles. The molecule has 0 atom stereocenters. The summed E-state index contributed by atoms with van der Waals surface area (Å²) >= 11 is 1.13. The van der Waals surface area contributed by atoms with Crippen LogP contribution in [0, 0.1) is 0 Å². The van der Waals surface area contributed by atoms with Crippen LogP contribution in [-0.2, 0) is 14.3 Å². The number of thioether (sulfide) groups is 1. The topological polar surface area (TPSA) is 107 Å². The van der Waals surface area contributed by atoms with E-state index in [1.807, 2.05) is 0 Å². The molecule has 8 nitrogen and oxygen atoms in total. The molecule has 1 amide bonds. The minimum absolute atomic E-state index is 0.115. The molecule has 1 aromatic carbocycles. The Labute approximate surface area is 165 Å². The number of esters is 1. The predicted molar refractivity (Wildman–Crippen MR) is 103 cm³/mol. The van der Waals surface area contributed by atoms with Gasteiger partial charge in [0.25, 0.3) is 11.1 Å². The molecule has 9 heteroatoms. The van der Waals surface area contributed by atoms with Crippen LogP contribution in [-0.4, -0.2) is 34.4 Å². The van der Waals surface area contributed by atoms with E-state index in [4.69, 9.17) is 13.6 Å². The Hall–Kier alpha value is -3.33. The Balaban J connectivity index is 1.47. The van der Waals surface area contributed by atoms with E-state index in [2.05, 4.69) is 15.5 Å². The average molecular weight is 399 g/mol. The first kappa shape index (κ1) is 19.4. The molecule has 0 fully saturated rings. The average Bonchev–Trinajstić information content (AvgIpc) is 3.38. The molecular weight excluding hydrogens is 382 g/mol. The quantitative estimate of drug-likeness (QED) is 0.347. The second-order valence-electron chi connectivity index (χ2n) is 5.39. The lowest BCUT2D eigenvalue weighted by Crippen LogP contribution is -2.13. The van der Waals surface area contributed by atoms with Crippen LogP contribution < -0.4 is 5.32 Å². The number of nitrogens with zero attached hydrogens (tertiary/aromatic N) is 2. The number of carbonyl (C=O) groups is 2. The van der Waals surface area contributed by atoms with Gasteiger partial charge in [0.1, 0.15) is 0 Å². The van der Waals surface area contributed by atoms with E-state index in [9.17, 15) is 9.59 Å². The van der Waals surface area contributed by atoms with Crippen molar-refractivity contribution in [1.82, 2.24) is 10.2 Å². The molecule has 0 aliphatic rings. The fourth-order valence-corrected chi connectivity index (χ4v) is 2.69. The summed E-state index contributed by atoms with van der Waals surface area (Å²) in [7, 11) is 0. The zero-order chi connectivity index (χ0) is 19.8. The van der Waals surface area contributed by atoms with Gasteiger partial charge in [-0.1, -0.05) is 23.9 Å². The summed E-state index contributed by atoms with van der Waals surface area (Å²) in [6.07, 6.45) is 4.51. The minimum atomic E-state index is -0.395. The summed E-state index contributed by atoms with van der Waals surface area (Å²) in [5.74, 6) is 0.246. The number of ether oxygens (including phenoxy) is 1. The molecule has 3 rings (SSSR count). The van der Waals surface area contributed by atoms with Crippen molar-refractivity contribution in [2.45, 2.75) is 12.1 Å². The first-order chi connectivity index (χ1) is 13.6. The molecule has 1 N–H and O–H groups in total. The molecule has 0 aliphatic carbocycles. The molecule has 0 radical (unpaired) electrons. The number of hydrogen-bond donors (Lipinski definition) is 1. The molecule has 3 aromatic rings. The molecule has 0 unspecified atom stereocenters. The van der Waals surface area contributed by atoms with Crippen molar-refractivity contribution >= 4 is 35.4 Å². The first-order valence-corrected chi connectivity index (χ1v) is 9.37. The second-order valence-corrected chi connectivity index (χ2v) is 6.32. The Morgan fingerprint density at radius 3 is 2.75 bits per heavy atom. The van der Waals surface area contributed by atoms with E-state index in [0.717, 1.165) is 17.3 Å². The SMILES string of the molecule is CCOC(=O)/C=C/c1ccc(NC(=O)CSc2nnc(-c3ccco3)o2)cc1. The monoisotopic (exact) mass is 399 g/mol. The number of rotatable bonds is 8. The van der Waals surface area contributed by atoms with Crippen molar-refractivity contribution in [3.05, 3.63) is 54.3 Å². The van der Waals surface area contributed by atoms with Gasteiger partial charge in [-0.2, -0.15) is 0 Å². The molecule has 144 valence electrons. The van der Waals surface area contributed by atoms with Gasteiger partial charge in [-0.3, -0.25) is 4.79 Å². The molecular formula is C19H17N3O5S. The molecule has 0 bridgehead atoms. The number of aromatic nitrogens is 2. The van der Waals surface area contributed by atoms with E-state index in [0.29, 0.717) is 18.1 Å². The highest BCUT2D eigenvalue weighted by Crippen LogP contribution is 2.23. The van der Waals surface area contributed by atoms with Crippen LogP contribution in [0.15, 0.2) is 62.8 Å². The van der Waals surface area contributed by atoms with E-state index in [1.54, 1.807) is 49.4 Å². The van der Waals surface area contributed by atoms with Crippen molar-refractivity contribution in [2.75, 3.05) is 17.7 Å². The Kier molecular flexibility index (Phi) is 6.64. The predicted octanol–water partition coefficient (Wildman–Crippen LogP) is 3.64. The molecule has 0 aliphatic heterocycles. The van der Waals surface area contributed by atoms with Crippen LogP contribution in [0.4, 0.5) is 5.69 Å². The maximum atomic E-state index is 12.1. The van der Waals surface area contributed by atoms with Crippen molar-refractivity contribution in [3.63, 3.8) is 0 Å². The van der Waals surface area contributed by atoms with E-state index in [-0.39, 0.29) is 22.8 Å². The minimum Gasteiger partial charge on any atom is -0.463 e. The van der Waals surface area contributed by atoms with Gasteiger partial charge in [-0.15, -0.1) is 10.2 Å². The standard InChI is InChI=1S/C19H17N3O5S/c1-2-25-17(24)10-7-13-5-8-14(9-6-13)20-16(23)12-28-19-22-21-18(27-19)15-4-3-11-26-15/h3-11H,2,12H2,1H3,(H,20,23)/b10-7+. The lowest BCUT2D eigenvalue weighted by molar-refractivity contribution is -0.137. The smallest absolute Gasteiger partial charge is 0.330 e. The Morgan fingerprint density at radius 2 is 2.04 bits per heavy atom. The van der Waals surface area contributed by atoms with Crippen molar-refractivity contribution in [1.29, 1.82) is 0 Å². The number of amides is 1. The maximum absolute atomic E-state index is 12.1. The third-order valence-electron chi connectivity index (χ3n) is 3.36. The summed E-state index contributed by atoms with van der Waals surface area (Å²) < 4.78 is 15.4. The van der Waals surface area contributed by atoms with Gasteiger partial charge in [0.05, 0.1) is 18.6 Å². The Bertz CT molecular complexity index is 948. The van der Waals surface area contributed by atoms with Crippen LogP contribution in [0.1, 0.15) is 12.5 Å². The van der Waals surface area contributed by atoms with Gasteiger partial charge in [0.15, 0.2) is 5.76 Å². The molecule has 2 aromatic heterocycles. The summed E-state index contributed by atoms with van der Waals surface area (Å²) in [6, 6.07) is 10.5. The highest BCUT2D eigenvalue weighted by Gasteiger charge is 2.13. The summed E-state index contributed by atoms with van der Waals surface area (Å²) in [5.41, 5.74) is 1.46. The zero-order valence-electron chi connectivity index (χ0n) is 15.0. The van der Waals surface area contributed by atoms with Crippen LogP contribution in [0.5, 0.6) is 0 Å². The fourth-order valence-electron chi connectivity index (χ4n) is 2.12. The van der Waals surface area contributed by atoms with Crippen LogP contribution in [0.2, 0.25) is 0 Å². The van der Waals surface area contributed by atoms with Crippen molar-refractivity contribution in [3.8, 4) is 11.7 Å². The molecule has 0 saturated heterocycles. The van der Waals surface area contributed by atoms with Gasteiger partial charge in [-0.25, -0.2) is 4.79 Å². The number of nitrogens with one attached hydrogen (secondary N) is 1. The van der Waals surface area contributed by atoms with Gasteiger partial charge in [0.2, 0.25) is 5.91 Å². The number of benzene rings is 1. The van der Waals surface area contributed by atoms with Gasteiger partial charge in [0, 0.05) is 11.8 Å². The van der Waals surface area contributed by atoms with Crippen LogP contribution >= 0.6 is 11.8 Å². The molecule has 0 spiro atoms. The van der Waals surface area contributed by atoms with E-state index < -0.39 is 5.97 Å². The lowest BCUT2D eigenvalue weighted by atomic mass is 10.2. The number of furan rings is 1. The normalized spacial score (nSPS) is 10.9. The Morgan fingerprint density at radius 1 is 1.21 bits per heavy atom. The van der Waals surface area contributed by atoms with Gasteiger partial charge < -0.3 is 18.9 Å². The zero-order valence-corrected chi connectivity index (χ0v) is 15.8. The summed E-state index contributed by atoms with van der Waals surface area (Å²) in [5, 5.41) is 10.8. The van der Waals surface area contributed by atoms with Crippen molar-refractivity contribution < 1.29 is 23.2 Å². The lowest BCUT2D eigenvalue weighted by Gasteiger charge is -2.04. The number of hydrogen-bond acceptors (Lipinski definition) is 8. The van der Waals surface area contributed by atoms with E-state index >= 15 is 0 Å². The first-order valence-electron chi connectivity index (χ1n) is 8.39. The number of carbonyl (C=O) groups excluding carboxylic acids is 2. The third-order valence-corrected chi connectivity index (χ3v) is 4.18. The number of anilines is 1. The second kappa shape index (κ2) is 9.56. The highest BCUT2D eigenvalue weighted by atomic mass is 32.2. The van der Waals surface area contributed by atoms with Crippen LogP contribution in [0.3, 0.4) is 0 Å². The van der Waals surface area contributed by atoms with E-state index in [1.165, 1.54) is 12.3 Å². The fraction of sp³-hybridized carbons (Fsp3) is 0.158. The highest BCUT2D eigenvalue weighted by molar-refractivity contribution is 7.99. The third kappa shape index (κ3) is 5.58. The van der Waals surface area contributed by atoms with Gasteiger partial charge in [-0.05, 0) is 42.8 Å². The summed E-state index contributed by atoms with van der Waals surface area (Å²) in [4.78, 5) is 23.4. The summed E-state index contributed by atoms with van der Waals surface area (Å²) in [6.45, 7) is 2.08.